The molecule has 0 bridgehead atoms. The molecule has 0 aliphatic carbocycles. The Labute approximate surface area is 153 Å². The predicted molar refractivity (Wildman–Crippen MR) is 99.1 cm³/mol. The van der Waals surface area contributed by atoms with Crippen molar-refractivity contribution in [1.82, 2.24) is 25.2 Å². The summed E-state index contributed by atoms with van der Waals surface area (Å²) in [4.78, 5) is 27.3. The number of carbonyl (C=O) groups is 1. The Kier molecular flexibility index (Phi) is 5.85. The van der Waals surface area contributed by atoms with Crippen LogP contribution in [0.15, 0.2) is 30.7 Å². The minimum absolute atomic E-state index is 0.0232. The molecule has 0 aromatic carbocycles. The average Bonchev–Trinajstić information content (AvgIpc) is 3.29. The second kappa shape index (κ2) is 8.29. The van der Waals surface area contributed by atoms with Crippen molar-refractivity contribution in [3.05, 3.63) is 42.1 Å². The fourth-order valence-electron chi connectivity index (χ4n) is 3.25. The van der Waals surface area contributed by atoms with Gasteiger partial charge in [-0.15, -0.1) is 0 Å². The van der Waals surface area contributed by atoms with Gasteiger partial charge in [0.1, 0.15) is 17.8 Å². The van der Waals surface area contributed by atoms with E-state index in [4.69, 9.17) is 4.74 Å². The Hall–Kier alpha value is -2.45. The van der Waals surface area contributed by atoms with Crippen LogP contribution in [0.2, 0.25) is 0 Å². The summed E-state index contributed by atoms with van der Waals surface area (Å²) in [6.45, 7) is 2.30. The van der Waals surface area contributed by atoms with Gasteiger partial charge in [0.05, 0.1) is 6.10 Å². The molecule has 8 nitrogen and oxygen atoms in total. The summed E-state index contributed by atoms with van der Waals surface area (Å²) >= 11 is 0. The van der Waals surface area contributed by atoms with Gasteiger partial charge in [-0.2, -0.15) is 0 Å². The first-order chi connectivity index (χ1) is 12.6. The van der Waals surface area contributed by atoms with Gasteiger partial charge in [0.25, 0.3) is 5.91 Å². The fraction of sp³-hybridized carbons (Fsp3) is 0.500. The van der Waals surface area contributed by atoms with Crippen molar-refractivity contribution in [2.75, 3.05) is 39.2 Å². The number of anilines is 1. The summed E-state index contributed by atoms with van der Waals surface area (Å²) in [7, 11) is 5.24. The molecule has 3 heterocycles. The molecule has 0 radical (unpaired) electrons. The molecular formula is C18H26N6O2. The van der Waals surface area contributed by atoms with Crippen molar-refractivity contribution in [1.29, 1.82) is 0 Å². The topological polar surface area (TPSA) is 86.4 Å². The number of ether oxygens (including phenoxy) is 1. The van der Waals surface area contributed by atoms with Crippen molar-refractivity contribution >= 4 is 11.7 Å². The lowest BCUT2D eigenvalue weighted by atomic mass is 10.2. The third-order valence-electron chi connectivity index (χ3n) is 4.65. The Morgan fingerprint density at radius 3 is 2.96 bits per heavy atom. The molecule has 0 spiro atoms. The maximum Gasteiger partial charge on any atom is 0.269 e. The van der Waals surface area contributed by atoms with E-state index in [1.807, 2.05) is 18.2 Å². The van der Waals surface area contributed by atoms with Crippen LogP contribution in [0.25, 0.3) is 0 Å². The fourth-order valence-corrected chi connectivity index (χ4v) is 3.25. The highest BCUT2D eigenvalue weighted by atomic mass is 16.5. The van der Waals surface area contributed by atoms with Gasteiger partial charge in [0.15, 0.2) is 0 Å². The van der Waals surface area contributed by atoms with Crippen LogP contribution in [0.5, 0.6) is 0 Å². The molecule has 3 rings (SSSR count). The van der Waals surface area contributed by atoms with Crippen LogP contribution in [0.1, 0.15) is 22.6 Å². The summed E-state index contributed by atoms with van der Waals surface area (Å²) < 4.78 is 5.55. The maximum atomic E-state index is 12.0. The van der Waals surface area contributed by atoms with E-state index in [1.165, 1.54) is 0 Å². The molecule has 1 saturated heterocycles. The lowest BCUT2D eigenvalue weighted by molar-refractivity contribution is 0.0822. The molecule has 1 fully saturated rings. The van der Waals surface area contributed by atoms with Crippen molar-refractivity contribution in [2.45, 2.75) is 25.1 Å². The molecule has 1 aliphatic heterocycles. The van der Waals surface area contributed by atoms with Crippen molar-refractivity contribution in [3.8, 4) is 0 Å². The van der Waals surface area contributed by atoms with Crippen molar-refractivity contribution < 1.29 is 9.53 Å². The van der Waals surface area contributed by atoms with Crippen LogP contribution in [-0.4, -0.2) is 72.2 Å². The summed E-state index contributed by atoms with van der Waals surface area (Å²) in [6, 6.07) is 5.99. The molecule has 140 valence electrons. The van der Waals surface area contributed by atoms with E-state index < -0.39 is 0 Å². The first-order valence-corrected chi connectivity index (χ1v) is 8.74. The molecule has 8 heteroatoms. The summed E-state index contributed by atoms with van der Waals surface area (Å²) in [5, 5.41) is 3.47. The zero-order valence-electron chi connectivity index (χ0n) is 15.5. The summed E-state index contributed by atoms with van der Waals surface area (Å²) in [6.07, 6.45) is 4.48. The number of rotatable bonds is 7. The Balaban J connectivity index is 1.57. The van der Waals surface area contributed by atoms with Crippen molar-refractivity contribution in [3.63, 3.8) is 0 Å². The highest BCUT2D eigenvalue weighted by molar-refractivity contribution is 5.92. The van der Waals surface area contributed by atoms with E-state index in [1.54, 1.807) is 38.6 Å². The molecule has 2 aromatic rings. The van der Waals surface area contributed by atoms with Gasteiger partial charge < -0.3 is 24.8 Å². The zero-order chi connectivity index (χ0) is 18.5. The molecule has 2 N–H and O–H groups in total. The van der Waals surface area contributed by atoms with Crippen LogP contribution < -0.4 is 10.2 Å². The minimum Gasteiger partial charge on any atom is -0.380 e. The quantitative estimate of drug-likeness (QED) is 0.764. The number of nitrogens with one attached hydrogen (secondary N) is 2. The molecule has 2 aromatic heterocycles. The molecule has 0 unspecified atom stereocenters. The van der Waals surface area contributed by atoms with Gasteiger partial charge in [-0.3, -0.25) is 4.79 Å². The van der Waals surface area contributed by atoms with E-state index in [0.29, 0.717) is 18.3 Å². The number of carbonyl (C=O) groups excluding carboxylic acids is 1. The highest BCUT2D eigenvalue weighted by Gasteiger charge is 2.32. The SMILES string of the molecule is CO[C@@H]1C[C@H](CNCc2ccc(C(=O)N(C)C)[nH]2)N(c2ccncn2)C1. The van der Waals surface area contributed by atoms with Gasteiger partial charge in [-0.25, -0.2) is 9.97 Å². The zero-order valence-corrected chi connectivity index (χ0v) is 15.5. The number of aromatic amines is 1. The molecule has 1 aliphatic rings. The maximum absolute atomic E-state index is 12.0. The van der Waals surface area contributed by atoms with Crippen LogP contribution in [0, 0.1) is 0 Å². The number of aromatic nitrogens is 3. The summed E-state index contributed by atoms with van der Waals surface area (Å²) in [5.41, 5.74) is 1.60. The normalized spacial score (nSPS) is 19.7. The van der Waals surface area contributed by atoms with Crippen LogP contribution in [0.3, 0.4) is 0 Å². The van der Waals surface area contributed by atoms with Crippen molar-refractivity contribution in [2.24, 2.45) is 0 Å². The third kappa shape index (κ3) is 4.20. The lowest BCUT2D eigenvalue weighted by Gasteiger charge is -2.25. The molecule has 1 amide bonds. The van der Waals surface area contributed by atoms with E-state index in [-0.39, 0.29) is 12.0 Å². The van der Waals surface area contributed by atoms with Gasteiger partial charge in [-0.1, -0.05) is 0 Å². The summed E-state index contributed by atoms with van der Waals surface area (Å²) in [5.74, 6) is 0.898. The molecule has 2 atom stereocenters. The monoisotopic (exact) mass is 358 g/mol. The van der Waals surface area contributed by atoms with Gasteiger partial charge in [-0.05, 0) is 24.6 Å². The highest BCUT2D eigenvalue weighted by Crippen LogP contribution is 2.24. The van der Waals surface area contributed by atoms with Gasteiger partial charge in [0.2, 0.25) is 0 Å². The Bertz CT molecular complexity index is 717. The number of H-pyrrole nitrogens is 1. The lowest BCUT2D eigenvalue weighted by Crippen LogP contribution is -2.38. The molecule has 0 saturated carbocycles. The van der Waals surface area contributed by atoms with E-state index >= 15 is 0 Å². The Morgan fingerprint density at radius 2 is 2.27 bits per heavy atom. The average molecular weight is 358 g/mol. The number of hydrogen-bond acceptors (Lipinski definition) is 6. The van der Waals surface area contributed by atoms with Gasteiger partial charge >= 0.3 is 0 Å². The minimum atomic E-state index is -0.0232. The van der Waals surface area contributed by atoms with Crippen LogP contribution in [-0.2, 0) is 11.3 Å². The number of amides is 1. The smallest absolute Gasteiger partial charge is 0.269 e. The number of hydrogen-bond donors (Lipinski definition) is 2. The van der Waals surface area contributed by atoms with Crippen LogP contribution in [0.4, 0.5) is 5.82 Å². The molecular weight excluding hydrogens is 332 g/mol. The van der Waals surface area contributed by atoms with E-state index in [2.05, 4.69) is 25.2 Å². The first-order valence-electron chi connectivity index (χ1n) is 8.74. The predicted octanol–water partition coefficient (Wildman–Crippen LogP) is 0.890. The second-order valence-corrected chi connectivity index (χ2v) is 6.69. The largest absolute Gasteiger partial charge is 0.380 e. The number of methoxy groups -OCH3 is 1. The second-order valence-electron chi connectivity index (χ2n) is 6.69. The third-order valence-corrected chi connectivity index (χ3v) is 4.65. The standard InChI is InChI=1S/C18H26N6O2/c1-23(2)18(25)16-5-4-13(22-16)9-20-10-14-8-15(26-3)11-24(14)17-6-7-19-12-21-17/h4-7,12,14-15,20,22H,8-11H2,1-3H3/t14-,15-/m1/s1. The van der Waals surface area contributed by atoms with E-state index in [0.717, 1.165) is 31.0 Å². The van der Waals surface area contributed by atoms with Crippen LogP contribution >= 0.6 is 0 Å². The number of nitrogens with zero attached hydrogens (tertiary/aromatic N) is 4. The Morgan fingerprint density at radius 1 is 1.42 bits per heavy atom. The molecule has 26 heavy (non-hydrogen) atoms. The van der Waals surface area contributed by atoms with Gasteiger partial charge in [0, 0.05) is 58.8 Å². The van der Waals surface area contributed by atoms with E-state index in [9.17, 15) is 4.79 Å². The first kappa shape index (κ1) is 18.3.